The first-order valence-electron chi connectivity index (χ1n) is 8.50. The maximum atomic E-state index is 10.2. The number of hydrogen-bond acceptors (Lipinski definition) is 3. The van der Waals surface area contributed by atoms with Gasteiger partial charge in [-0.25, -0.2) is 4.79 Å². The average Bonchev–Trinajstić information content (AvgIpc) is 2.55. The van der Waals surface area contributed by atoms with Crippen LogP contribution in [0.3, 0.4) is 0 Å². The van der Waals surface area contributed by atoms with Crippen molar-refractivity contribution < 1.29 is 20.1 Å². The molecule has 3 N–H and O–H groups in total. The van der Waals surface area contributed by atoms with Crippen LogP contribution in [0.15, 0.2) is 60.8 Å². The van der Waals surface area contributed by atoms with E-state index < -0.39 is 12.1 Å². The molecule has 0 aromatic carbocycles. The van der Waals surface area contributed by atoms with Crippen LogP contribution in [0.4, 0.5) is 0 Å². The van der Waals surface area contributed by atoms with Gasteiger partial charge in [0.2, 0.25) is 0 Å². The molecule has 134 valence electrons. The summed E-state index contributed by atoms with van der Waals surface area (Å²) in [7, 11) is 0. The Morgan fingerprint density at radius 2 is 1.38 bits per heavy atom. The van der Waals surface area contributed by atoms with E-state index in [0.717, 1.165) is 44.6 Å². The molecule has 0 heterocycles. The van der Waals surface area contributed by atoms with E-state index in [9.17, 15) is 15.0 Å². The molecular weight excluding hydrogens is 304 g/mol. The van der Waals surface area contributed by atoms with E-state index in [-0.39, 0.29) is 6.10 Å². The van der Waals surface area contributed by atoms with Gasteiger partial charge >= 0.3 is 5.97 Å². The number of carbonyl (C=O) groups is 1. The number of aliphatic carboxylic acids is 1. The first-order valence-corrected chi connectivity index (χ1v) is 8.50. The fourth-order valence-corrected chi connectivity index (χ4v) is 1.93. The topological polar surface area (TPSA) is 77.8 Å². The number of allylic oxidation sites excluding steroid dienone is 8. The highest BCUT2D eigenvalue weighted by Crippen LogP contribution is 2.09. The molecule has 0 spiro atoms. The first kappa shape index (κ1) is 22.1. The van der Waals surface area contributed by atoms with Gasteiger partial charge in [-0.05, 0) is 19.3 Å². The highest BCUT2D eigenvalue weighted by Gasteiger charge is 2.01. The zero-order chi connectivity index (χ0) is 18.0. The van der Waals surface area contributed by atoms with Gasteiger partial charge in [0.25, 0.3) is 0 Å². The van der Waals surface area contributed by atoms with Crippen LogP contribution in [0.5, 0.6) is 0 Å². The third-order valence-corrected chi connectivity index (χ3v) is 3.36. The van der Waals surface area contributed by atoms with E-state index in [2.05, 4.69) is 0 Å². The molecule has 0 bridgehead atoms. The predicted molar refractivity (Wildman–Crippen MR) is 98.7 cm³/mol. The van der Waals surface area contributed by atoms with Crippen LogP contribution in [0.2, 0.25) is 0 Å². The summed E-state index contributed by atoms with van der Waals surface area (Å²) in [5.74, 6) is -0.967. The molecule has 0 fully saturated rings. The van der Waals surface area contributed by atoms with Gasteiger partial charge in [0.05, 0.1) is 12.2 Å². The molecule has 24 heavy (non-hydrogen) atoms. The van der Waals surface area contributed by atoms with Crippen molar-refractivity contribution in [2.24, 2.45) is 0 Å². The summed E-state index contributed by atoms with van der Waals surface area (Å²) >= 11 is 0. The van der Waals surface area contributed by atoms with Gasteiger partial charge in [-0.3, -0.25) is 0 Å². The summed E-state index contributed by atoms with van der Waals surface area (Å²) in [4.78, 5) is 10.2. The normalized spacial score (nSPS) is 15.5. The molecule has 2 atom stereocenters. The number of rotatable bonds is 13. The molecule has 0 aromatic rings. The second-order valence-corrected chi connectivity index (χ2v) is 5.50. The summed E-state index contributed by atoms with van der Waals surface area (Å²) in [5.41, 5.74) is 0. The maximum absolute atomic E-state index is 10.2. The summed E-state index contributed by atoms with van der Waals surface area (Å²) in [6.45, 7) is 1.98. The summed E-state index contributed by atoms with van der Waals surface area (Å²) in [6, 6.07) is 0. The Bertz CT molecular complexity index is 458. The van der Waals surface area contributed by atoms with E-state index >= 15 is 0 Å². The van der Waals surface area contributed by atoms with Crippen molar-refractivity contribution >= 4 is 5.97 Å². The second kappa shape index (κ2) is 16.0. The Hall–Kier alpha value is -1.91. The molecule has 4 heteroatoms. The molecule has 0 aliphatic heterocycles. The van der Waals surface area contributed by atoms with Gasteiger partial charge in [-0.15, -0.1) is 0 Å². The Labute approximate surface area is 145 Å². The quantitative estimate of drug-likeness (QED) is 0.271. The Morgan fingerprint density at radius 3 is 1.96 bits per heavy atom. The highest BCUT2D eigenvalue weighted by molar-refractivity contribution is 5.80. The van der Waals surface area contributed by atoms with E-state index in [1.165, 1.54) is 6.08 Å². The van der Waals surface area contributed by atoms with Crippen molar-refractivity contribution in [1.82, 2.24) is 0 Å². The maximum Gasteiger partial charge on any atom is 0.328 e. The van der Waals surface area contributed by atoms with Crippen LogP contribution in [0, 0.1) is 0 Å². The van der Waals surface area contributed by atoms with Crippen molar-refractivity contribution in [2.75, 3.05) is 0 Å². The molecule has 0 radical (unpaired) electrons. The molecule has 0 amide bonds. The van der Waals surface area contributed by atoms with Gasteiger partial charge in [0.1, 0.15) is 0 Å². The predicted octanol–water partition coefficient (Wildman–Crippen LogP) is 3.93. The first-order chi connectivity index (χ1) is 11.6. The van der Waals surface area contributed by atoms with Crippen LogP contribution in [0.25, 0.3) is 0 Å². The lowest BCUT2D eigenvalue weighted by Gasteiger charge is -2.08. The largest absolute Gasteiger partial charge is 0.478 e. The SMILES string of the molecule is CCC(O)CCCCCC(O)/C=C/C=C/C=C/C=C/C=C/C(=O)O. The fourth-order valence-electron chi connectivity index (χ4n) is 1.93. The van der Waals surface area contributed by atoms with Gasteiger partial charge in [0, 0.05) is 6.08 Å². The lowest BCUT2D eigenvalue weighted by atomic mass is 10.1. The van der Waals surface area contributed by atoms with E-state index in [0.29, 0.717) is 0 Å². The van der Waals surface area contributed by atoms with Gasteiger partial charge in [-0.1, -0.05) is 80.9 Å². The molecule has 0 saturated heterocycles. The molecule has 0 aliphatic rings. The summed E-state index contributed by atoms with van der Waals surface area (Å²) in [5, 5.41) is 27.6. The lowest BCUT2D eigenvalue weighted by Crippen LogP contribution is -2.04. The van der Waals surface area contributed by atoms with Gasteiger partial charge < -0.3 is 15.3 Å². The van der Waals surface area contributed by atoms with E-state index in [1.807, 2.05) is 31.2 Å². The van der Waals surface area contributed by atoms with Gasteiger partial charge in [0.15, 0.2) is 0 Å². The minimum Gasteiger partial charge on any atom is -0.478 e. The minimum atomic E-state index is -0.967. The van der Waals surface area contributed by atoms with Gasteiger partial charge in [-0.2, -0.15) is 0 Å². The fraction of sp³-hybridized carbons (Fsp3) is 0.450. The van der Waals surface area contributed by atoms with Crippen molar-refractivity contribution in [1.29, 1.82) is 0 Å². The van der Waals surface area contributed by atoms with E-state index in [4.69, 9.17) is 5.11 Å². The summed E-state index contributed by atoms with van der Waals surface area (Å²) in [6.07, 6.45) is 21.5. The second-order valence-electron chi connectivity index (χ2n) is 5.50. The third kappa shape index (κ3) is 16.5. The van der Waals surface area contributed by atoms with Crippen LogP contribution in [0.1, 0.15) is 45.4 Å². The Balaban J connectivity index is 3.75. The Kier molecular flexibility index (Phi) is 14.7. The van der Waals surface area contributed by atoms with Crippen LogP contribution in [-0.2, 0) is 4.79 Å². The molecule has 0 aliphatic carbocycles. The van der Waals surface area contributed by atoms with Crippen molar-refractivity contribution in [3.05, 3.63) is 60.8 Å². The number of hydrogen-bond donors (Lipinski definition) is 3. The smallest absolute Gasteiger partial charge is 0.328 e. The zero-order valence-corrected chi connectivity index (χ0v) is 14.4. The molecular formula is C20H30O4. The van der Waals surface area contributed by atoms with Crippen molar-refractivity contribution in [2.45, 2.75) is 57.7 Å². The zero-order valence-electron chi connectivity index (χ0n) is 14.4. The summed E-state index contributed by atoms with van der Waals surface area (Å²) < 4.78 is 0. The Morgan fingerprint density at radius 1 is 0.833 bits per heavy atom. The molecule has 0 saturated carbocycles. The third-order valence-electron chi connectivity index (χ3n) is 3.36. The number of aliphatic hydroxyl groups excluding tert-OH is 2. The standard InChI is InChI=1S/C20H30O4/c1-2-18(21)14-11-9-12-16-19(22)15-10-7-5-3-4-6-8-13-17-20(23)24/h3-8,10,13,15,17-19,21-22H,2,9,11-12,14,16H2,1H3,(H,23,24)/b4-3+,7-5+,8-6+,15-10+,17-13+. The van der Waals surface area contributed by atoms with Crippen LogP contribution < -0.4 is 0 Å². The van der Waals surface area contributed by atoms with Crippen molar-refractivity contribution in [3.8, 4) is 0 Å². The number of unbranched alkanes of at least 4 members (excludes halogenated alkanes) is 2. The highest BCUT2D eigenvalue weighted by atomic mass is 16.4. The van der Waals surface area contributed by atoms with Crippen LogP contribution in [-0.4, -0.2) is 33.5 Å². The number of carboxylic acids is 1. The lowest BCUT2D eigenvalue weighted by molar-refractivity contribution is -0.131. The molecule has 4 nitrogen and oxygen atoms in total. The number of aliphatic hydroxyl groups is 2. The number of carboxylic acid groups (broad SMARTS) is 1. The monoisotopic (exact) mass is 334 g/mol. The minimum absolute atomic E-state index is 0.184. The van der Waals surface area contributed by atoms with Crippen molar-refractivity contribution in [3.63, 3.8) is 0 Å². The average molecular weight is 334 g/mol. The van der Waals surface area contributed by atoms with Crippen LogP contribution >= 0.6 is 0 Å². The molecule has 2 unspecified atom stereocenters. The molecule has 0 rings (SSSR count). The molecule has 0 aromatic heterocycles. The van der Waals surface area contributed by atoms with E-state index in [1.54, 1.807) is 24.3 Å².